The van der Waals surface area contributed by atoms with Gasteiger partial charge in [0, 0.05) is 22.7 Å². The van der Waals surface area contributed by atoms with Gasteiger partial charge in [-0.25, -0.2) is 4.79 Å². The van der Waals surface area contributed by atoms with Gasteiger partial charge >= 0.3 is 5.63 Å². The minimum Gasteiger partial charge on any atom is -0.486 e. The molecule has 194 valence electrons. The van der Waals surface area contributed by atoms with Crippen LogP contribution in [0, 0.1) is 0 Å². The topological polar surface area (TPSA) is 150 Å². The van der Waals surface area contributed by atoms with Crippen molar-refractivity contribution in [1.29, 1.82) is 0 Å². The van der Waals surface area contributed by atoms with Crippen LogP contribution in [-0.2, 0) is 11.3 Å². The smallest absolute Gasteiger partial charge is 0.349 e. The van der Waals surface area contributed by atoms with Gasteiger partial charge in [-0.05, 0) is 41.6 Å². The van der Waals surface area contributed by atoms with E-state index >= 15 is 0 Å². The molecule has 0 aliphatic carbocycles. The molecule has 0 fully saturated rings. The summed E-state index contributed by atoms with van der Waals surface area (Å²) in [7, 11) is 0. The Morgan fingerprint density at radius 3 is 2.59 bits per heavy atom. The summed E-state index contributed by atoms with van der Waals surface area (Å²) in [5.74, 6) is 0.339. The molecule has 39 heavy (non-hydrogen) atoms. The van der Waals surface area contributed by atoms with Crippen molar-refractivity contribution in [2.24, 2.45) is 0 Å². The normalized spacial score (nSPS) is 12.2. The molecule has 5 aromatic rings. The number of nitrogens with one attached hydrogen (secondary N) is 2. The van der Waals surface area contributed by atoms with Crippen molar-refractivity contribution in [3.05, 3.63) is 88.8 Å². The molecule has 0 saturated heterocycles. The zero-order valence-electron chi connectivity index (χ0n) is 20.3. The third kappa shape index (κ3) is 5.03. The van der Waals surface area contributed by atoms with E-state index in [1.54, 1.807) is 66.7 Å². The van der Waals surface area contributed by atoms with E-state index in [1.165, 1.54) is 6.07 Å². The zero-order valence-corrected chi connectivity index (χ0v) is 20.3. The van der Waals surface area contributed by atoms with E-state index in [-0.39, 0.29) is 23.8 Å². The molecule has 12 heteroatoms. The van der Waals surface area contributed by atoms with E-state index in [9.17, 15) is 14.4 Å². The number of anilines is 2. The number of hydrogen-bond donors (Lipinski definition) is 2. The molecule has 12 nitrogen and oxygen atoms in total. The highest BCUT2D eigenvalue weighted by atomic mass is 16.6. The number of benzene rings is 3. The average Bonchev–Trinajstić information content (AvgIpc) is 3.40. The number of nitrogens with zero attached hydrogens (tertiary/aromatic N) is 4. The Bertz CT molecular complexity index is 1780. The second kappa shape index (κ2) is 10.1. The fourth-order valence-electron chi connectivity index (χ4n) is 4.07. The van der Waals surface area contributed by atoms with Crippen LogP contribution in [-0.4, -0.2) is 45.2 Å². The van der Waals surface area contributed by atoms with Crippen LogP contribution < -0.4 is 25.7 Å². The Kier molecular flexibility index (Phi) is 6.17. The number of tetrazole rings is 1. The molecular weight excluding hydrogens is 504 g/mol. The van der Waals surface area contributed by atoms with Gasteiger partial charge in [-0.3, -0.25) is 9.59 Å². The maximum absolute atomic E-state index is 13.0. The fraction of sp³-hybridized carbons (Fsp3) is 0.111. The third-order valence-corrected chi connectivity index (χ3v) is 5.87. The molecule has 3 aromatic carbocycles. The van der Waals surface area contributed by atoms with Crippen molar-refractivity contribution in [3.63, 3.8) is 0 Å². The molecule has 2 aromatic heterocycles. The monoisotopic (exact) mass is 524 g/mol. The lowest BCUT2D eigenvalue weighted by Crippen LogP contribution is -2.21. The van der Waals surface area contributed by atoms with E-state index in [4.69, 9.17) is 13.9 Å². The first-order chi connectivity index (χ1) is 19.0. The minimum atomic E-state index is -0.753. The summed E-state index contributed by atoms with van der Waals surface area (Å²) in [5, 5.41) is 18.4. The van der Waals surface area contributed by atoms with Crippen molar-refractivity contribution < 1.29 is 23.5 Å². The standard InChI is InChI=1S/C27H20N6O6/c34-24(28-17-9-10-22-23(14-17)38-12-11-37-22)15-33-31-25(30-32-33)18-6-2-3-7-20(18)29-26(35)19-13-16-5-1-4-8-21(16)39-27(19)36/h1-10,13-14H,11-12,15H2,(H,28,34)(H,29,35). The van der Waals surface area contributed by atoms with Crippen LogP contribution in [0.15, 0.2) is 82.0 Å². The van der Waals surface area contributed by atoms with Gasteiger partial charge in [0.05, 0.1) is 5.69 Å². The van der Waals surface area contributed by atoms with E-state index in [0.717, 1.165) is 4.80 Å². The van der Waals surface area contributed by atoms with Gasteiger partial charge in [0.1, 0.15) is 30.9 Å². The second-order valence-electron chi connectivity index (χ2n) is 8.54. The van der Waals surface area contributed by atoms with Gasteiger partial charge in [0.25, 0.3) is 5.91 Å². The average molecular weight is 524 g/mol. The molecule has 0 atom stereocenters. The molecule has 1 aliphatic heterocycles. The Balaban J connectivity index is 1.17. The maximum atomic E-state index is 13.0. The number of carbonyl (C=O) groups excluding carboxylic acids is 2. The van der Waals surface area contributed by atoms with Crippen LogP contribution in [0.2, 0.25) is 0 Å². The molecule has 0 radical (unpaired) electrons. The number of carbonyl (C=O) groups is 2. The number of amides is 2. The van der Waals surface area contributed by atoms with Gasteiger partial charge in [-0.1, -0.05) is 30.3 Å². The molecule has 0 saturated carbocycles. The van der Waals surface area contributed by atoms with Crippen LogP contribution in [0.3, 0.4) is 0 Å². The van der Waals surface area contributed by atoms with Gasteiger partial charge < -0.3 is 24.5 Å². The SMILES string of the molecule is O=C(Cn1nnc(-c2ccccc2NC(=O)c2cc3ccccc3oc2=O)n1)Nc1ccc2c(c1)OCCO2. The summed E-state index contributed by atoms with van der Waals surface area (Å²) in [6.07, 6.45) is 0. The molecular formula is C27H20N6O6. The van der Waals surface area contributed by atoms with Gasteiger partial charge in [0.2, 0.25) is 11.7 Å². The summed E-state index contributed by atoms with van der Waals surface area (Å²) in [5.41, 5.74) is 0.839. The Hall–Kier alpha value is -5.52. The molecule has 2 amide bonds. The number of rotatable bonds is 6. The summed E-state index contributed by atoms with van der Waals surface area (Å²) in [4.78, 5) is 39.1. The first-order valence-corrected chi connectivity index (χ1v) is 11.9. The van der Waals surface area contributed by atoms with E-state index in [2.05, 4.69) is 26.0 Å². The largest absolute Gasteiger partial charge is 0.486 e. The van der Waals surface area contributed by atoms with Gasteiger partial charge in [0.15, 0.2) is 11.5 Å². The number of ether oxygens (including phenoxy) is 2. The van der Waals surface area contributed by atoms with Gasteiger partial charge in [-0.2, -0.15) is 4.80 Å². The third-order valence-electron chi connectivity index (χ3n) is 5.87. The van der Waals surface area contributed by atoms with E-state index in [1.807, 2.05) is 0 Å². The van der Waals surface area contributed by atoms with Crippen molar-refractivity contribution >= 4 is 34.2 Å². The minimum absolute atomic E-state index is 0.143. The molecule has 0 spiro atoms. The highest BCUT2D eigenvalue weighted by Crippen LogP contribution is 2.32. The molecule has 3 heterocycles. The van der Waals surface area contributed by atoms with Crippen molar-refractivity contribution in [3.8, 4) is 22.9 Å². The highest BCUT2D eigenvalue weighted by molar-refractivity contribution is 6.07. The van der Waals surface area contributed by atoms with E-state index in [0.29, 0.717) is 52.6 Å². The lowest BCUT2D eigenvalue weighted by molar-refractivity contribution is -0.117. The summed E-state index contributed by atoms with van der Waals surface area (Å²) in [6, 6.07) is 20.3. The Morgan fingerprint density at radius 2 is 1.69 bits per heavy atom. The lowest BCUT2D eigenvalue weighted by Gasteiger charge is -2.18. The maximum Gasteiger partial charge on any atom is 0.349 e. The lowest BCUT2D eigenvalue weighted by atomic mass is 10.1. The molecule has 0 bridgehead atoms. The van der Waals surface area contributed by atoms with Crippen molar-refractivity contribution in [1.82, 2.24) is 20.2 Å². The number of para-hydroxylation sites is 2. The second-order valence-corrected chi connectivity index (χ2v) is 8.54. The Labute approximate surface area is 220 Å². The highest BCUT2D eigenvalue weighted by Gasteiger charge is 2.18. The zero-order chi connectivity index (χ0) is 26.8. The van der Waals surface area contributed by atoms with Crippen molar-refractivity contribution in [2.75, 3.05) is 23.8 Å². The van der Waals surface area contributed by atoms with Crippen LogP contribution in [0.5, 0.6) is 11.5 Å². The van der Waals surface area contributed by atoms with Crippen LogP contribution >= 0.6 is 0 Å². The number of hydrogen-bond acceptors (Lipinski definition) is 9. The first kappa shape index (κ1) is 23.9. The number of aromatic nitrogens is 4. The fourth-order valence-corrected chi connectivity index (χ4v) is 4.07. The first-order valence-electron chi connectivity index (χ1n) is 11.9. The summed E-state index contributed by atoms with van der Waals surface area (Å²) in [6.45, 7) is 0.715. The number of fused-ring (bicyclic) bond motifs is 2. The van der Waals surface area contributed by atoms with Crippen LogP contribution in [0.4, 0.5) is 11.4 Å². The van der Waals surface area contributed by atoms with Crippen LogP contribution in [0.25, 0.3) is 22.4 Å². The van der Waals surface area contributed by atoms with Crippen molar-refractivity contribution in [2.45, 2.75) is 6.54 Å². The quantitative estimate of drug-likeness (QED) is 0.319. The van der Waals surface area contributed by atoms with Gasteiger partial charge in [-0.15, -0.1) is 10.2 Å². The predicted octanol–water partition coefficient (Wildman–Crippen LogP) is 3.11. The van der Waals surface area contributed by atoms with E-state index < -0.39 is 11.5 Å². The predicted molar refractivity (Wildman–Crippen MR) is 140 cm³/mol. The van der Waals surface area contributed by atoms with Crippen LogP contribution in [0.1, 0.15) is 10.4 Å². The molecule has 2 N–H and O–H groups in total. The summed E-state index contributed by atoms with van der Waals surface area (Å²) >= 11 is 0. The summed E-state index contributed by atoms with van der Waals surface area (Å²) < 4.78 is 16.3. The Morgan fingerprint density at radius 1 is 0.897 bits per heavy atom. The molecule has 0 unspecified atom stereocenters. The molecule has 1 aliphatic rings. The molecule has 6 rings (SSSR count).